The van der Waals surface area contributed by atoms with Gasteiger partial charge in [0.05, 0.1) is 6.10 Å². The molecule has 1 unspecified atom stereocenters. The van der Waals surface area contributed by atoms with Crippen molar-refractivity contribution in [1.29, 1.82) is 0 Å². The topological polar surface area (TPSA) is 83.8 Å². The van der Waals surface area contributed by atoms with Crippen molar-refractivity contribution in [2.45, 2.75) is 44.6 Å². The van der Waals surface area contributed by atoms with Crippen molar-refractivity contribution in [2.24, 2.45) is 5.41 Å². The zero-order valence-electron chi connectivity index (χ0n) is 14.4. The molecule has 0 saturated heterocycles. The maximum absolute atomic E-state index is 10.9. The Kier molecular flexibility index (Phi) is 4.99. The van der Waals surface area contributed by atoms with Crippen LogP contribution < -0.4 is 33.7 Å². The van der Waals surface area contributed by atoms with Gasteiger partial charge in [0, 0.05) is 5.41 Å². The van der Waals surface area contributed by atoms with Crippen LogP contribution in [0.2, 0.25) is 0 Å². The zero-order valence-corrected chi connectivity index (χ0v) is 17.2. The van der Waals surface area contributed by atoms with Crippen LogP contribution in [0.25, 0.3) is 10.8 Å². The normalized spacial score (nSPS) is 28.1. The van der Waals surface area contributed by atoms with Gasteiger partial charge in [0.25, 0.3) is 0 Å². The number of aryl methyl sites for hydroxylation is 1. The summed E-state index contributed by atoms with van der Waals surface area (Å²) in [4.78, 5) is 0. The third kappa shape index (κ3) is 3.24. The molecule has 2 aromatic carbocycles. The van der Waals surface area contributed by atoms with Gasteiger partial charge in [0.1, 0.15) is 5.75 Å². The number of aliphatic hydroxyl groups excluding tert-OH is 1. The molecule has 0 amide bonds. The molecule has 1 fully saturated rings. The Balaban J connectivity index is 0.00000182. The van der Waals surface area contributed by atoms with Gasteiger partial charge >= 0.3 is 40.0 Å². The van der Waals surface area contributed by atoms with Gasteiger partial charge in [0.15, 0.2) is 0 Å². The molecule has 0 aromatic heterocycles. The summed E-state index contributed by atoms with van der Waals surface area (Å²) in [7, 11) is -4.52. The third-order valence-electron chi connectivity index (χ3n) is 5.92. The standard InChI is InChI=1S/C18H20O5S.Na/c1-18-9-8-14-13-5-3-12(23-24(20,21)22)10-11(13)2-4-15(14)16(18)6-7-17(18)19;/h2-5,10,16-17,19H,6-9H2,1H3,(H,20,21,22);/q;+1/t16?,17-,18+;/m1./s1. The minimum Gasteiger partial charge on any atom is -0.393 e. The van der Waals surface area contributed by atoms with E-state index in [1.165, 1.54) is 11.1 Å². The molecule has 2 aliphatic rings. The second-order valence-electron chi connectivity index (χ2n) is 7.18. The summed E-state index contributed by atoms with van der Waals surface area (Å²) >= 11 is 0. The smallest absolute Gasteiger partial charge is 0.393 e. The Morgan fingerprint density at radius 3 is 2.68 bits per heavy atom. The summed E-state index contributed by atoms with van der Waals surface area (Å²) in [6.45, 7) is 2.19. The summed E-state index contributed by atoms with van der Waals surface area (Å²) in [5.41, 5.74) is 2.54. The number of hydrogen-bond acceptors (Lipinski definition) is 4. The van der Waals surface area contributed by atoms with Crippen molar-refractivity contribution < 1.29 is 51.8 Å². The molecule has 7 heteroatoms. The Bertz CT molecular complexity index is 926. The van der Waals surface area contributed by atoms with Crippen LogP contribution in [0.5, 0.6) is 5.75 Å². The average molecular weight is 371 g/mol. The first-order valence-electron chi connectivity index (χ1n) is 8.18. The quantitative estimate of drug-likeness (QED) is 0.583. The Hall–Kier alpha value is -0.630. The van der Waals surface area contributed by atoms with Gasteiger partial charge in [-0.1, -0.05) is 25.1 Å². The SMILES string of the molecule is C[C@]12CCc3c(ccc4cc(OS(=O)(=O)O)ccc34)C1CC[C@H]2O.[Na+]. The molecule has 128 valence electrons. The van der Waals surface area contributed by atoms with Gasteiger partial charge in [-0.2, -0.15) is 8.42 Å². The number of benzene rings is 2. The van der Waals surface area contributed by atoms with Crippen molar-refractivity contribution in [3.63, 3.8) is 0 Å². The maximum Gasteiger partial charge on any atom is 1.00 e. The molecule has 0 radical (unpaired) electrons. The summed E-state index contributed by atoms with van der Waals surface area (Å²) in [5.74, 6) is 0.469. The van der Waals surface area contributed by atoms with Gasteiger partial charge in [0.2, 0.25) is 0 Å². The monoisotopic (exact) mass is 371 g/mol. The molecule has 0 aliphatic heterocycles. The van der Waals surface area contributed by atoms with E-state index in [0.717, 1.165) is 36.5 Å². The Morgan fingerprint density at radius 2 is 1.96 bits per heavy atom. The molecule has 25 heavy (non-hydrogen) atoms. The number of rotatable bonds is 2. The predicted molar refractivity (Wildman–Crippen MR) is 90.5 cm³/mol. The zero-order chi connectivity index (χ0) is 17.1. The van der Waals surface area contributed by atoms with E-state index >= 15 is 0 Å². The van der Waals surface area contributed by atoms with E-state index in [9.17, 15) is 13.5 Å². The van der Waals surface area contributed by atoms with Crippen molar-refractivity contribution in [1.82, 2.24) is 0 Å². The molecule has 2 aliphatic carbocycles. The number of fused-ring (bicyclic) bond motifs is 5. The first-order valence-corrected chi connectivity index (χ1v) is 9.55. The molecular weight excluding hydrogens is 351 g/mol. The fourth-order valence-corrected chi connectivity index (χ4v) is 4.98. The molecule has 2 N–H and O–H groups in total. The fraction of sp³-hybridized carbons (Fsp3) is 0.444. The molecule has 0 spiro atoms. The van der Waals surface area contributed by atoms with E-state index in [1.807, 2.05) is 12.1 Å². The summed E-state index contributed by atoms with van der Waals surface area (Å²) in [5, 5.41) is 12.3. The van der Waals surface area contributed by atoms with E-state index in [2.05, 4.69) is 17.2 Å². The number of aliphatic hydroxyl groups is 1. The van der Waals surface area contributed by atoms with Crippen molar-refractivity contribution in [3.8, 4) is 5.75 Å². The van der Waals surface area contributed by atoms with Crippen LogP contribution in [0.15, 0.2) is 30.3 Å². The van der Waals surface area contributed by atoms with Crippen molar-refractivity contribution in [3.05, 3.63) is 41.5 Å². The minimum absolute atomic E-state index is 0. The van der Waals surface area contributed by atoms with E-state index in [4.69, 9.17) is 4.55 Å². The minimum atomic E-state index is -4.52. The summed E-state index contributed by atoms with van der Waals surface area (Å²) in [6, 6.07) is 9.09. The molecule has 4 rings (SSSR count). The molecular formula is C18H20NaO5S+. The van der Waals surface area contributed by atoms with Crippen LogP contribution >= 0.6 is 0 Å². The second-order valence-corrected chi connectivity index (χ2v) is 8.20. The molecule has 2 aromatic rings. The maximum atomic E-state index is 10.9. The van der Waals surface area contributed by atoms with E-state index in [-0.39, 0.29) is 46.8 Å². The predicted octanol–water partition coefficient (Wildman–Crippen LogP) is 0.216. The van der Waals surface area contributed by atoms with Gasteiger partial charge in [-0.15, -0.1) is 0 Å². The van der Waals surface area contributed by atoms with Crippen molar-refractivity contribution >= 4 is 21.2 Å². The molecule has 0 heterocycles. The van der Waals surface area contributed by atoms with Gasteiger partial charge in [-0.3, -0.25) is 4.55 Å². The third-order valence-corrected chi connectivity index (χ3v) is 6.32. The molecule has 0 bridgehead atoms. The fourth-order valence-electron chi connectivity index (χ4n) is 4.63. The first kappa shape index (κ1) is 19.1. The van der Waals surface area contributed by atoms with E-state index < -0.39 is 10.4 Å². The Labute approximate surface area is 169 Å². The van der Waals surface area contributed by atoms with Crippen LogP contribution in [0.4, 0.5) is 0 Å². The van der Waals surface area contributed by atoms with E-state index in [0.29, 0.717) is 5.92 Å². The average Bonchev–Trinajstić information content (AvgIpc) is 2.81. The van der Waals surface area contributed by atoms with Gasteiger partial charge in [-0.05, 0) is 65.6 Å². The van der Waals surface area contributed by atoms with Crippen LogP contribution in [-0.4, -0.2) is 24.2 Å². The number of hydrogen-bond donors (Lipinski definition) is 2. The van der Waals surface area contributed by atoms with Crippen LogP contribution in [0.3, 0.4) is 0 Å². The first-order chi connectivity index (χ1) is 11.3. The largest absolute Gasteiger partial charge is 1.00 e. The summed E-state index contributed by atoms with van der Waals surface area (Å²) < 4.78 is 35.1. The molecule has 1 saturated carbocycles. The van der Waals surface area contributed by atoms with Crippen molar-refractivity contribution in [2.75, 3.05) is 0 Å². The van der Waals surface area contributed by atoms with E-state index in [1.54, 1.807) is 12.1 Å². The summed E-state index contributed by atoms with van der Waals surface area (Å²) in [6.07, 6.45) is 3.46. The van der Waals surface area contributed by atoms with Gasteiger partial charge < -0.3 is 9.29 Å². The Morgan fingerprint density at radius 1 is 1.20 bits per heavy atom. The van der Waals surface area contributed by atoms with Crippen LogP contribution in [0.1, 0.15) is 43.2 Å². The molecule has 3 atom stereocenters. The molecule has 5 nitrogen and oxygen atoms in total. The van der Waals surface area contributed by atoms with Crippen LogP contribution in [-0.2, 0) is 16.8 Å². The van der Waals surface area contributed by atoms with Crippen LogP contribution in [0, 0.1) is 5.41 Å². The van der Waals surface area contributed by atoms with Gasteiger partial charge in [-0.25, -0.2) is 0 Å². The second kappa shape index (κ2) is 6.51.